The summed E-state index contributed by atoms with van der Waals surface area (Å²) < 4.78 is 0. The lowest BCUT2D eigenvalue weighted by atomic mass is 9.88. The van der Waals surface area contributed by atoms with Gasteiger partial charge in [0.1, 0.15) is 5.82 Å². The van der Waals surface area contributed by atoms with Gasteiger partial charge >= 0.3 is 0 Å². The molecule has 1 amide bonds. The number of Topliss-reactive ketones (excluding diaryl/α,β-unsaturated/α-hetero) is 1. The molecule has 5 rings (SSSR count). The fourth-order valence-corrected chi connectivity index (χ4v) is 5.19. The van der Waals surface area contributed by atoms with E-state index < -0.39 is 5.92 Å². The molecule has 1 fully saturated rings. The summed E-state index contributed by atoms with van der Waals surface area (Å²) in [5, 5.41) is 7.69. The highest BCUT2D eigenvalue weighted by Gasteiger charge is 2.30. The molecule has 1 aliphatic rings. The molecule has 2 aromatic carbocycles. The Hall–Kier alpha value is -4.20. The standard InChI is InChI=1S/C30H34N6O2/c1-36(2)28-16-17-31-30(35-28)34-22-14-12-21(13-15-22)33-29(38)24(18-27(37)20-8-4-3-5-9-20)25-19-32-26-11-7-6-10-23(25)26/h3-11,16-17,19,21-22,24,32H,12-15,18H2,1-2H3,(H,33,38)(H,31,34,35)/t21-,22+,24?. The van der Waals surface area contributed by atoms with E-state index in [9.17, 15) is 9.59 Å². The molecule has 4 aromatic rings. The van der Waals surface area contributed by atoms with Crippen molar-refractivity contribution in [1.29, 1.82) is 0 Å². The van der Waals surface area contributed by atoms with E-state index in [2.05, 4.69) is 25.6 Å². The van der Waals surface area contributed by atoms with Crippen LogP contribution in [-0.2, 0) is 4.79 Å². The maximum absolute atomic E-state index is 13.7. The summed E-state index contributed by atoms with van der Waals surface area (Å²) in [5.74, 6) is 0.776. The molecule has 0 radical (unpaired) electrons. The molecule has 2 aromatic heterocycles. The molecule has 1 unspecified atom stereocenters. The zero-order chi connectivity index (χ0) is 26.5. The number of benzene rings is 2. The van der Waals surface area contributed by atoms with Crippen molar-refractivity contribution in [2.45, 2.75) is 50.1 Å². The van der Waals surface area contributed by atoms with Crippen LogP contribution >= 0.6 is 0 Å². The first-order chi connectivity index (χ1) is 18.5. The number of para-hydroxylation sites is 1. The number of hydrogen-bond donors (Lipinski definition) is 3. The van der Waals surface area contributed by atoms with Crippen LogP contribution in [0.3, 0.4) is 0 Å². The van der Waals surface area contributed by atoms with Gasteiger partial charge in [-0.25, -0.2) is 4.98 Å². The number of nitrogens with zero attached hydrogens (tertiary/aromatic N) is 3. The van der Waals surface area contributed by atoms with E-state index in [0.717, 1.165) is 48.0 Å². The van der Waals surface area contributed by atoms with Crippen molar-refractivity contribution in [3.63, 3.8) is 0 Å². The lowest BCUT2D eigenvalue weighted by Crippen LogP contribution is -2.42. The van der Waals surface area contributed by atoms with Gasteiger partial charge in [0.05, 0.1) is 5.92 Å². The molecule has 1 atom stereocenters. The van der Waals surface area contributed by atoms with Crippen molar-refractivity contribution in [2.24, 2.45) is 0 Å². The van der Waals surface area contributed by atoms with E-state index in [1.807, 2.05) is 73.7 Å². The molecule has 0 bridgehead atoms. The molecule has 1 saturated carbocycles. The van der Waals surface area contributed by atoms with Crippen LogP contribution in [0.2, 0.25) is 0 Å². The molecular weight excluding hydrogens is 476 g/mol. The lowest BCUT2D eigenvalue weighted by molar-refractivity contribution is -0.123. The Morgan fingerprint density at radius 2 is 1.68 bits per heavy atom. The highest BCUT2D eigenvalue weighted by molar-refractivity contribution is 6.01. The Morgan fingerprint density at radius 1 is 0.974 bits per heavy atom. The largest absolute Gasteiger partial charge is 0.363 e. The van der Waals surface area contributed by atoms with Crippen LogP contribution in [0.4, 0.5) is 11.8 Å². The van der Waals surface area contributed by atoms with Gasteiger partial charge in [0.25, 0.3) is 0 Å². The molecule has 8 heteroatoms. The molecule has 1 aliphatic carbocycles. The van der Waals surface area contributed by atoms with Crippen molar-refractivity contribution in [1.82, 2.24) is 20.3 Å². The summed E-state index contributed by atoms with van der Waals surface area (Å²) in [6.07, 6.45) is 7.26. The normalized spacial score (nSPS) is 18.1. The van der Waals surface area contributed by atoms with Gasteiger partial charge in [0.15, 0.2) is 5.78 Å². The van der Waals surface area contributed by atoms with Gasteiger partial charge in [-0.1, -0.05) is 48.5 Å². The first kappa shape index (κ1) is 25.4. The highest BCUT2D eigenvalue weighted by atomic mass is 16.2. The predicted molar refractivity (Wildman–Crippen MR) is 151 cm³/mol. The number of carbonyl (C=O) groups is 2. The molecule has 196 valence electrons. The summed E-state index contributed by atoms with van der Waals surface area (Å²) in [4.78, 5) is 41.0. The summed E-state index contributed by atoms with van der Waals surface area (Å²) in [6, 6.07) is 19.3. The minimum Gasteiger partial charge on any atom is -0.363 e. The molecular formula is C30H34N6O2. The molecule has 38 heavy (non-hydrogen) atoms. The van der Waals surface area contributed by atoms with Crippen LogP contribution in [0.1, 0.15) is 53.9 Å². The van der Waals surface area contributed by atoms with Crippen LogP contribution in [0.15, 0.2) is 73.1 Å². The fourth-order valence-electron chi connectivity index (χ4n) is 5.19. The van der Waals surface area contributed by atoms with Gasteiger partial charge in [0, 0.05) is 61.5 Å². The lowest BCUT2D eigenvalue weighted by Gasteiger charge is -2.31. The number of H-pyrrole nitrogens is 1. The summed E-state index contributed by atoms with van der Waals surface area (Å²) >= 11 is 0. The Labute approximate surface area is 222 Å². The molecule has 0 saturated heterocycles. The van der Waals surface area contributed by atoms with Crippen LogP contribution in [0.5, 0.6) is 0 Å². The van der Waals surface area contributed by atoms with Crippen molar-refractivity contribution < 1.29 is 9.59 Å². The van der Waals surface area contributed by atoms with Gasteiger partial charge in [-0.15, -0.1) is 0 Å². The van der Waals surface area contributed by atoms with E-state index in [4.69, 9.17) is 0 Å². The third kappa shape index (κ3) is 5.85. The summed E-state index contributed by atoms with van der Waals surface area (Å²) in [6.45, 7) is 0. The summed E-state index contributed by atoms with van der Waals surface area (Å²) in [7, 11) is 3.91. The Kier molecular flexibility index (Phi) is 7.67. The number of rotatable bonds is 9. The Balaban J connectivity index is 1.26. The van der Waals surface area contributed by atoms with Gasteiger partial charge in [0.2, 0.25) is 11.9 Å². The average molecular weight is 511 g/mol. The predicted octanol–water partition coefficient (Wildman–Crippen LogP) is 4.92. The molecule has 0 spiro atoms. The smallest absolute Gasteiger partial charge is 0.228 e. The second-order valence-corrected chi connectivity index (χ2v) is 10.2. The molecule has 0 aliphatic heterocycles. The SMILES string of the molecule is CN(C)c1ccnc(N[C@H]2CC[C@@H](NC(=O)C(CC(=O)c3ccccc3)c3c[nH]c4ccccc34)CC2)n1. The van der Waals surface area contributed by atoms with Crippen LogP contribution in [0, 0.1) is 0 Å². The fraction of sp³-hybridized carbons (Fsp3) is 0.333. The van der Waals surface area contributed by atoms with Crippen LogP contribution in [0.25, 0.3) is 10.9 Å². The number of nitrogens with one attached hydrogen (secondary N) is 3. The number of ketones is 1. The topological polar surface area (TPSA) is 103 Å². The average Bonchev–Trinajstić information content (AvgIpc) is 3.37. The molecule has 2 heterocycles. The van der Waals surface area contributed by atoms with Gasteiger partial charge in [-0.3, -0.25) is 9.59 Å². The number of amides is 1. The van der Waals surface area contributed by atoms with Crippen molar-refractivity contribution >= 4 is 34.4 Å². The summed E-state index contributed by atoms with van der Waals surface area (Å²) in [5.41, 5.74) is 2.44. The minimum absolute atomic E-state index is 0.0381. The number of aromatic amines is 1. The monoisotopic (exact) mass is 510 g/mol. The van der Waals surface area contributed by atoms with Gasteiger partial charge < -0.3 is 20.5 Å². The van der Waals surface area contributed by atoms with E-state index in [0.29, 0.717) is 11.5 Å². The maximum atomic E-state index is 13.7. The number of anilines is 2. The number of aromatic nitrogens is 3. The second kappa shape index (κ2) is 11.5. The molecule has 8 nitrogen and oxygen atoms in total. The maximum Gasteiger partial charge on any atom is 0.228 e. The van der Waals surface area contributed by atoms with Crippen molar-refractivity contribution in [3.8, 4) is 0 Å². The van der Waals surface area contributed by atoms with Crippen LogP contribution in [-0.4, -0.2) is 52.8 Å². The first-order valence-electron chi connectivity index (χ1n) is 13.2. The van der Waals surface area contributed by atoms with E-state index in [-0.39, 0.29) is 30.2 Å². The number of hydrogen-bond acceptors (Lipinski definition) is 6. The minimum atomic E-state index is -0.572. The van der Waals surface area contributed by atoms with E-state index in [1.165, 1.54) is 0 Å². The van der Waals surface area contributed by atoms with E-state index >= 15 is 0 Å². The first-order valence-corrected chi connectivity index (χ1v) is 13.2. The Morgan fingerprint density at radius 3 is 2.45 bits per heavy atom. The van der Waals surface area contributed by atoms with Crippen molar-refractivity contribution in [3.05, 3.63) is 84.2 Å². The third-order valence-corrected chi connectivity index (χ3v) is 7.30. The van der Waals surface area contributed by atoms with Crippen LogP contribution < -0.4 is 15.5 Å². The highest BCUT2D eigenvalue weighted by Crippen LogP contribution is 2.30. The number of carbonyl (C=O) groups excluding carboxylic acids is 2. The number of fused-ring (bicyclic) bond motifs is 1. The zero-order valence-corrected chi connectivity index (χ0v) is 21.9. The van der Waals surface area contributed by atoms with Crippen molar-refractivity contribution in [2.75, 3.05) is 24.3 Å². The quantitative estimate of drug-likeness (QED) is 0.276. The Bertz CT molecular complexity index is 1390. The van der Waals surface area contributed by atoms with E-state index in [1.54, 1.807) is 18.3 Å². The van der Waals surface area contributed by atoms with Gasteiger partial charge in [-0.2, -0.15) is 4.98 Å². The third-order valence-electron chi connectivity index (χ3n) is 7.30. The second-order valence-electron chi connectivity index (χ2n) is 10.2. The van der Waals surface area contributed by atoms with Gasteiger partial charge in [-0.05, 0) is 43.4 Å². The zero-order valence-electron chi connectivity index (χ0n) is 21.9. The molecule has 3 N–H and O–H groups in total.